The Bertz CT molecular complexity index is 1210. The second-order valence-electron chi connectivity index (χ2n) is 7.68. The van der Waals surface area contributed by atoms with Gasteiger partial charge in [-0.2, -0.15) is 0 Å². The molecule has 3 rings (SSSR count). The summed E-state index contributed by atoms with van der Waals surface area (Å²) in [7, 11) is -1.71. The van der Waals surface area contributed by atoms with Gasteiger partial charge in [-0.05, 0) is 47.9 Å². The maximum Gasteiger partial charge on any atom is 0.253 e. The van der Waals surface area contributed by atoms with Crippen LogP contribution in [0.3, 0.4) is 0 Å². The van der Waals surface area contributed by atoms with Gasteiger partial charge in [0.25, 0.3) is 5.91 Å². The van der Waals surface area contributed by atoms with Crippen LogP contribution in [0.1, 0.15) is 34.8 Å². The Morgan fingerprint density at radius 1 is 1.10 bits per heavy atom. The first kappa shape index (κ1) is 22.6. The fourth-order valence-corrected chi connectivity index (χ4v) is 4.04. The van der Waals surface area contributed by atoms with Gasteiger partial charge < -0.3 is 9.64 Å². The monoisotopic (exact) mass is 440 g/mol. The molecule has 0 saturated carbocycles. The molecule has 0 bridgehead atoms. The van der Waals surface area contributed by atoms with Gasteiger partial charge in [0.1, 0.15) is 5.75 Å². The van der Waals surface area contributed by atoms with Gasteiger partial charge in [-0.25, -0.2) is 8.42 Å². The Morgan fingerprint density at radius 2 is 1.84 bits per heavy atom. The third-order valence-electron chi connectivity index (χ3n) is 4.98. The molecule has 0 aliphatic carbocycles. The lowest BCUT2D eigenvalue weighted by Crippen LogP contribution is -2.27. The van der Waals surface area contributed by atoms with E-state index in [9.17, 15) is 13.2 Å². The van der Waals surface area contributed by atoms with Gasteiger partial charge in [0.2, 0.25) is 10.0 Å². The molecule has 0 unspecified atom stereocenters. The third-order valence-corrected chi connectivity index (χ3v) is 5.57. The van der Waals surface area contributed by atoms with Crippen LogP contribution in [0.15, 0.2) is 54.6 Å². The van der Waals surface area contributed by atoms with Crippen molar-refractivity contribution in [2.75, 3.05) is 24.6 Å². The number of fused-ring (bicyclic) bond motifs is 1. The maximum absolute atomic E-state index is 13.1. The van der Waals surface area contributed by atoms with Crippen LogP contribution in [0.25, 0.3) is 10.8 Å². The average molecular weight is 441 g/mol. The first-order valence-corrected chi connectivity index (χ1v) is 12.1. The number of sulfonamides is 1. The SMILES string of the molecule is CCCOc1ccc2ccccc2c1CN(C)C(=O)c1ccc(C)c(NS(C)(=O)=O)c1. The molecule has 6 nitrogen and oxygen atoms in total. The van der Waals surface area contributed by atoms with Crippen molar-refractivity contribution in [3.8, 4) is 5.75 Å². The Kier molecular flexibility index (Phi) is 6.85. The molecule has 7 heteroatoms. The number of benzene rings is 3. The van der Waals surface area contributed by atoms with Crippen molar-refractivity contribution in [1.82, 2.24) is 4.90 Å². The quantitative estimate of drug-likeness (QED) is 0.556. The van der Waals surface area contributed by atoms with E-state index < -0.39 is 10.0 Å². The fraction of sp³-hybridized carbons (Fsp3) is 0.292. The van der Waals surface area contributed by atoms with E-state index in [0.29, 0.717) is 24.4 Å². The van der Waals surface area contributed by atoms with Crippen molar-refractivity contribution in [3.63, 3.8) is 0 Å². The number of carbonyl (C=O) groups is 1. The highest BCUT2D eigenvalue weighted by atomic mass is 32.2. The summed E-state index contributed by atoms with van der Waals surface area (Å²) in [5.74, 6) is 0.564. The molecule has 0 saturated heterocycles. The van der Waals surface area contributed by atoms with Crippen molar-refractivity contribution in [1.29, 1.82) is 0 Å². The molecule has 0 aliphatic heterocycles. The molecule has 0 spiro atoms. The van der Waals surface area contributed by atoms with Crippen LogP contribution in [-0.4, -0.2) is 39.1 Å². The van der Waals surface area contributed by atoms with Crippen LogP contribution < -0.4 is 9.46 Å². The molecule has 0 atom stereocenters. The van der Waals surface area contributed by atoms with Crippen LogP contribution >= 0.6 is 0 Å². The van der Waals surface area contributed by atoms with Gasteiger partial charge >= 0.3 is 0 Å². The summed E-state index contributed by atoms with van der Waals surface area (Å²) in [5.41, 5.74) is 2.51. The number of nitrogens with one attached hydrogen (secondary N) is 1. The Morgan fingerprint density at radius 3 is 2.55 bits per heavy atom. The van der Waals surface area contributed by atoms with Crippen molar-refractivity contribution in [2.45, 2.75) is 26.8 Å². The lowest BCUT2D eigenvalue weighted by Gasteiger charge is -2.21. The minimum atomic E-state index is -3.44. The number of hydrogen-bond donors (Lipinski definition) is 1. The lowest BCUT2D eigenvalue weighted by molar-refractivity contribution is 0.0784. The van der Waals surface area contributed by atoms with Crippen LogP contribution in [-0.2, 0) is 16.6 Å². The summed E-state index contributed by atoms with van der Waals surface area (Å²) in [4.78, 5) is 14.8. The molecule has 0 radical (unpaired) electrons. The maximum atomic E-state index is 13.1. The summed E-state index contributed by atoms with van der Waals surface area (Å²) in [6.45, 7) is 4.80. The lowest BCUT2D eigenvalue weighted by atomic mass is 10.0. The molecular weight excluding hydrogens is 412 g/mol. The zero-order valence-electron chi connectivity index (χ0n) is 18.3. The third kappa shape index (κ3) is 5.55. The van der Waals surface area contributed by atoms with Crippen molar-refractivity contribution in [2.24, 2.45) is 0 Å². The summed E-state index contributed by atoms with van der Waals surface area (Å²) in [6.07, 6.45) is 1.98. The number of hydrogen-bond acceptors (Lipinski definition) is 4. The number of anilines is 1. The van der Waals surface area contributed by atoms with Gasteiger partial charge in [-0.15, -0.1) is 0 Å². The molecule has 31 heavy (non-hydrogen) atoms. The molecule has 1 N–H and O–H groups in total. The second kappa shape index (κ2) is 9.39. The van der Waals surface area contributed by atoms with Gasteiger partial charge in [-0.3, -0.25) is 9.52 Å². The van der Waals surface area contributed by atoms with E-state index in [1.54, 1.807) is 37.1 Å². The second-order valence-corrected chi connectivity index (χ2v) is 9.43. The largest absolute Gasteiger partial charge is 0.493 e. The number of amides is 1. The molecule has 3 aromatic carbocycles. The number of aryl methyl sites for hydroxylation is 1. The van der Waals surface area contributed by atoms with Crippen molar-refractivity contribution in [3.05, 3.63) is 71.3 Å². The molecule has 164 valence electrons. The standard InChI is InChI=1S/C24H28N2O4S/c1-5-14-30-23-13-12-18-8-6-7-9-20(18)21(23)16-26(3)24(27)19-11-10-17(2)22(15-19)25-31(4,28)29/h6-13,15,25H,5,14,16H2,1-4H3. The van der Waals surface area contributed by atoms with Gasteiger partial charge in [-0.1, -0.05) is 43.3 Å². The topological polar surface area (TPSA) is 75.7 Å². The predicted octanol–water partition coefficient (Wildman–Crippen LogP) is 4.58. The molecule has 0 heterocycles. The Hall–Kier alpha value is -3.06. The van der Waals surface area contributed by atoms with Crippen LogP contribution in [0, 0.1) is 6.92 Å². The zero-order chi connectivity index (χ0) is 22.6. The molecular formula is C24H28N2O4S. The number of ether oxygens (including phenoxy) is 1. The van der Waals surface area contributed by atoms with E-state index in [0.717, 1.165) is 40.3 Å². The van der Waals surface area contributed by atoms with E-state index in [2.05, 4.69) is 11.6 Å². The molecule has 0 fully saturated rings. The Balaban J connectivity index is 1.92. The number of nitrogens with zero attached hydrogens (tertiary/aromatic N) is 1. The van der Waals surface area contributed by atoms with E-state index >= 15 is 0 Å². The molecule has 3 aromatic rings. The summed E-state index contributed by atoms with van der Waals surface area (Å²) < 4.78 is 31.7. The average Bonchev–Trinajstić information content (AvgIpc) is 2.73. The Labute approximate surface area is 183 Å². The highest BCUT2D eigenvalue weighted by Gasteiger charge is 2.18. The minimum Gasteiger partial charge on any atom is -0.493 e. The summed E-state index contributed by atoms with van der Waals surface area (Å²) in [6, 6.07) is 17.0. The first-order valence-electron chi connectivity index (χ1n) is 10.2. The smallest absolute Gasteiger partial charge is 0.253 e. The predicted molar refractivity (Wildman–Crippen MR) is 125 cm³/mol. The molecule has 1 amide bonds. The van der Waals surface area contributed by atoms with E-state index in [4.69, 9.17) is 4.74 Å². The van der Waals surface area contributed by atoms with Gasteiger partial charge in [0.15, 0.2) is 0 Å². The summed E-state index contributed by atoms with van der Waals surface area (Å²) >= 11 is 0. The highest BCUT2D eigenvalue weighted by Crippen LogP contribution is 2.30. The molecule has 0 aliphatic rings. The number of rotatable bonds is 8. The van der Waals surface area contributed by atoms with Crippen molar-refractivity contribution >= 4 is 32.4 Å². The minimum absolute atomic E-state index is 0.203. The van der Waals surface area contributed by atoms with E-state index in [-0.39, 0.29) is 5.91 Å². The first-order chi connectivity index (χ1) is 14.7. The van der Waals surface area contributed by atoms with Crippen LogP contribution in [0.4, 0.5) is 5.69 Å². The fourth-order valence-electron chi connectivity index (χ4n) is 3.42. The van der Waals surface area contributed by atoms with Crippen LogP contribution in [0.5, 0.6) is 5.75 Å². The van der Waals surface area contributed by atoms with Gasteiger partial charge in [0.05, 0.1) is 18.6 Å². The van der Waals surface area contributed by atoms with Gasteiger partial charge in [0, 0.05) is 24.7 Å². The van der Waals surface area contributed by atoms with Crippen molar-refractivity contribution < 1.29 is 17.9 Å². The zero-order valence-corrected chi connectivity index (χ0v) is 19.1. The van der Waals surface area contributed by atoms with E-state index in [1.165, 1.54) is 0 Å². The number of carbonyl (C=O) groups excluding carboxylic acids is 1. The van der Waals surface area contributed by atoms with E-state index in [1.807, 2.05) is 36.4 Å². The highest BCUT2D eigenvalue weighted by molar-refractivity contribution is 7.92. The normalized spacial score (nSPS) is 11.4. The van der Waals surface area contributed by atoms with Crippen LogP contribution in [0.2, 0.25) is 0 Å². The summed E-state index contributed by atoms with van der Waals surface area (Å²) in [5, 5.41) is 2.12. The molecule has 0 aromatic heterocycles.